The predicted octanol–water partition coefficient (Wildman–Crippen LogP) is 24.7. The quantitative estimate of drug-likeness (QED) is 0.0320. The molecular formula is C76H149NO5. The van der Waals surface area contributed by atoms with Gasteiger partial charge in [0.05, 0.1) is 25.4 Å². The van der Waals surface area contributed by atoms with Gasteiger partial charge in [-0.05, 0) is 51.4 Å². The Morgan fingerprint density at radius 2 is 0.573 bits per heavy atom. The van der Waals surface area contributed by atoms with E-state index in [-0.39, 0.29) is 18.5 Å². The van der Waals surface area contributed by atoms with Crippen molar-refractivity contribution in [1.82, 2.24) is 5.32 Å². The number of rotatable bonds is 72. The average Bonchev–Trinajstić information content (AvgIpc) is 3.48. The minimum Gasteiger partial charge on any atom is -0.466 e. The highest BCUT2D eigenvalue weighted by Crippen LogP contribution is 2.20. The van der Waals surface area contributed by atoms with Gasteiger partial charge < -0.3 is 20.3 Å². The van der Waals surface area contributed by atoms with Gasteiger partial charge in [-0.1, -0.05) is 386 Å². The summed E-state index contributed by atoms with van der Waals surface area (Å²) in [5.74, 6) is -0.0124. The second kappa shape index (κ2) is 72.1. The molecule has 1 amide bonds. The molecule has 0 bridgehead atoms. The summed E-state index contributed by atoms with van der Waals surface area (Å²) in [4.78, 5) is 24.6. The van der Waals surface area contributed by atoms with Crippen molar-refractivity contribution in [1.29, 1.82) is 0 Å². The summed E-state index contributed by atoms with van der Waals surface area (Å²) in [6.45, 7) is 4.98. The Kier molecular flexibility index (Phi) is 70.8. The Bertz CT molecular complexity index is 1240. The molecule has 0 spiro atoms. The van der Waals surface area contributed by atoms with Gasteiger partial charge >= 0.3 is 5.97 Å². The lowest BCUT2D eigenvalue weighted by Gasteiger charge is -2.22. The second-order valence-electron chi connectivity index (χ2n) is 26.3. The number of carbonyl (C=O) groups excluding carboxylic acids is 2. The summed E-state index contributed by atoms with van der Waals surface area (Å²) in [7, 11) is 0. The van der Waals surface area contributed by atoms with Crippen molar-refractivity contribution in [3.63, 3.8) is 0 Å². The molecule has 0 aliphatic rings. The fourth-order valence-electron chi connectivity index (χ4n) is 12.3. The third-order valence-electron chi connectivity index (χ3n) is 18.1. The molecule has 0 aromatic carbocycles. The monoisotopic (exact) mass is 1160 g/mol. The van der Waals surface area contributed by atoms with Crippen LogP contribution in [0.25, 0.3) is 0 Å². The van der Waals surface area contributed by atoms with Crippen molar-refractivity contribution in [3.05, 3.63) is 12.2 Å². The second-order valence-corrected chi connectivity index (χ2v) is 26.3. The summed E-state index contributed by atoms with van der Waals surface area (Å²) < 4.78 is 5.48. The van der Waals surface area contributed by atoms with E-state index >= 15 is 0 Å². The highest BCUT2D eigenvalue weighted by molar-refractivity contribution is 5.76. The van der Waals surface area contributed by atoms with Crippen LogP contribution in [-0.4, -0.2) is 47.4 Å². The van der Waals surface area contributed by atoms with Gasteiger partial charge in [0.15, 0.2) is 0 Å². The molecule has 0 aromatic rings. The SMILES string of the molecule is CCCCC/C=C\CCCCCCCC(=O)OCCCCCCCCCCCCCCCCCCCCCCCCCCCCCCCCCCCC(=O)NC(CO)C(O)CCCCCCCCCCCCCCCCCCCCCC. The fourth-order valence-corrected chi connectivity index (χ4v) is 12.3. The summed E-state index contributed by atoms with van der Waals surface area (Å²) in [5, 5.41) is 23.4. The molecule has 2 atom stereocenters. The summed E-state index contributed by atoms with van der Waals surface area (Å²) in [6, 6.07) is -0.538. The first-order valence-electron chi connectivity index (χ1n) is 37.9. The maximum absolute atomic E-state index is 12.6. The molecule has 6 nitrogen and oxygen atoms in total. The maximum Gasteiger partial charge on any atom is 0.305 e. The summed E-state index contributed by atoms with van der Waals surface area (Å²) in [5.41, 5.74) is 0. The van der Waals surface area contributed by atoms with Gasteiger partial charge in [-0.25, -0.2) is 0 Å². The minimum absolute atomic E-state index is 0.0125. The van der Waals surface area contributed by atoms with E-state index in [9.17, 15) is 19.8 Å². The van der Waals surface area contributed by atoms with Gasteiger partial charge in [-0.3, -0.25) is 9.59 Å². The lowest BCUT2D eigenvalue weighted by Crippen LogP contribution is -2.45. The number of allylic oxidation sites excluding steroid dienone is 2. The Morgan fingerprint density at radius 3 is 0.890 bits per heavy atom. The van der Waals surface area contributed by atoms with Crippen molar-refractivity contribution >= 4 is 11.9 Å². The van der Waals surface area contributed by atoms with Crippen LogP contribution in [0.15, 0.2) is 12.2 Å². The number of aliphatic hydroxyl groups is 2. The number of ether oxygens (including phenoxy) is 1. The highest BCUT2D eigenvalue weighted by atomic mass is 16.5. The molecule has 0 aromatic heterocycles. The van der Waals surface area contributed by atoms with Crippen LogP contribution in [0.1, 0.15) is 438 Å². The fraction of sp³-hybridized carbons (Fsp3) is 0.947. The molecule has 2 unspecified atom stereocenters. The number of aliphatic hydroxyl groups excluding tert-OH is 2. The Morgan fingerprint density at radius 1 is 0.329 bits per heavy atom. The number of nitrogens with one attached hydrogen (secondary N) is 1. The average molecular weight is 1160 g/mol. The highest BCUT2D eigenvalue weighted by Gasteiger charge is 2.20. The molecular weight excluding hydrogens is 1010 g/mol. The van der Waals surface area contributed by atoms with Gasteiger partial charge in [0, 0.05) is 12.8 Å². The topological polar surface area (TPSA) is 95.9 Å². The number of carbonyl (C=O) groups is 2. The molecule has 0 fully saturated rings. The van der Waals surface area contributed by atoms with Crippen LogP contribution in [0.5, 0.6) is 0 Å². The van der Waals surface area contributed by atoms with Crippen molar-refractivity contribution in [2.45, 2.75) is 450 Å². The van der Waals surface area contributed by atoms with Crippen molar-refractivity contribution in [2.75, 3.05) is 13.2 Å². The van der Waals surface area contributed by atoms with E-state index in [2.05, 4.69) is 31.3 Å². The van der Waals surface area contributed by atoms with E-state index in [1.165, 1.54) is 360 Å². The molecule has 0 heterocycles. The molecule has 488 valence electrons. The zero-order valence-corrected chi connectivity index (χ0v) is 56.0. The molecule has 6 heteroatoms. The van der Waals surface area contributed by atoms with Gasteiger partial charge in [0.25, 0.3) is 0 Å². The lowest BCUT2D eigenvalue weighted by molar-refractivity contribution is -0.143. The van der Waals surface area contributed by atoms with Crippen molar-refractivity contribution in [3.8, 4) is 0 Å². The zero-order valence-electron chi connectivity index (χ0n) is 56.0. The lowest BCUT2D eigenvalue weighted by atomic mass is 10.0. The molecule has 82 heavy (non-hydrogen) atoms. The molecule has 0 rings (SSSR count). The molecule has 0 radical (unpaired) electrons. The van der Waals surface area contributed by atoms with E-state index < -0.39 is 12.1 Å². The Balaban J connectivity index is 3.32. The third kappa shape index (κ3) is 67.7. The van der Waals surface area contributed by atoms with Crippen LogP contribution < -0.4 is 5.32 Å². The standard InChI is InChI=1S/C76H149NO5/c1-3-5-7-9-11-13-15-17-18-19-20-36-39-42-45-48-52-56-60-64-68-74(79)73(72-78)77-75(80)69-65-61-57-53-49-46-43-40-37-34-32-30-28-26-24-22-21-23-25-27-29-31-33-35-38-41-44-47-51-55-59-63-67-71-82-76(81)70-66-62-58-54-50-16-14-12-10-8-6-4-2/h12,14,73-74,78-79H,3-11,13,15-72H2,1-2H3,(H,77,80)/b14-12-. The van der Waals surface area contributed by atoms with E-state index in [0.717, 1.165) is 44.9 Å². The molecule has 0 saturated carbocycles. The summed E-state index contributed by atoms with van der Waals surface area (Å²) >= 11 is 0. The number of hydrogen-bond acceptors (Lipinski definition) is 5. The van der Waals surface area contributed by atoms with Gasteiger partial charge in [0.2, 0.25) is 5.91 Å². The van der Waals surface area contributed by atoms with Gasteiger partial charge in [-0.2, -0.15) is 0 Å². The zero-order chi connectivity index (χ0) is 59.2. The van der Waals surface area contributed by atoms with Crippen LogP contribution in [0.3, 0.4) is 0 Å². The normalized spacial score (nSPS) is 12.5. The number of hydrogen-bond donors (Lipinski definition) is 3. The number of unbranched alkanes of at least 4 members (excludes halogenated alkanes) is 59. The maximum atomic E-state index is 12.6. The third-order valence-corrected chi connectivity index (χ3v) is 18.1. The van der Waals surface area contributed by atoms with Crippen LogP contribution in [0.2, 0.25) is 0 Å². The van der Waals surface area contributed by atoms with Crippen LogP contribution in [0.4, 0.5) is 0 Å². The Labute approximate surface area is 514 Å². The van der Waals surface area contributed by atoms with Crippen LogP contribution in [0, 0.1) is 0 Å². The van der Waals surface area contributed by atoms with Crippen LogP contribution in [-0.2, 0) is 14.3 Å². The van der Waals surface area contributed by atoms with E-state index in [0.29, 0.717) is 25.9 Å². The summed E-state index contributed by atoms with van der Waals surface area (Å²) in [6.07, 6.45) is 90.1. The van der Waals surface area contributed by atoms with E-state index in [1.54, 1.807) is 0 Å². The number of esters is 1. The van der Waals surface area contributed by atoms with Crippen LogP contribution >= 0.6 is 0 Å². The molecule has 0 saturated heterocycles. The van der Waals surface area contributed by atoms with Crippen molar-refractivity contribution < 1.29 is 24.5 Å². The predicted molar refractivity (Wildman–Crippen MR) is 361 cm³/mol. The van der Waals surface area contributed by atoms with E-state index in [4.69, 9.17) is 4.74 Å². The largest absolute Gasteiger partial charge is 0.466 e. The first-order chi connectivity index (χ1) is 40.5. The molecule has 0 aliphatic carbocycles. The smallest absolute Gasteiger partial charge is 0.305 e. The van der Waals surface area contributed by atoms with E-state index in [1.807, 2.05) is 0 Å². The van der Waals surface area contributed by atoms with Gasteiger partial charge in [0.1, 0.15) is 0 Å². The minimum atomic E-state index is -0.661. The first kappa shape index (κ1) is 80.6. The van der Waals surface area contributed by atoms with Crippen molar-refractivity contribution in [2.24, 2.45) is 0 Å². The Hall–Kier alpha value is -1.40. The first-order valence-corrected chi connectivity index (χ1v) is 37.9. The van der Waals surface area contributed by atoms with Gasteiger partial charge in [-0.15, -0.1) is 0 Å². The molecule has 0 aliphatic heterocycles. The molecule has 3 N–H and O–H groups in total. The number of amides is 1.